The van der Waals surface area contributed by atoms with Crippen molar-refractivity contribution in [3.63, 3.8) is 0 Å². The normalized spacial score (nSPS) is 10.5. The standard InChI is InChI=1S/C27H26F2/c1-3-5-7-22-18-26(28)25(27(29)19-22)17-12-21-10-15-24(16-11-21)23-13-8-20(6-4-2)9-14-23/h8-11,13-16,18-19H,3-7H2,1-2H3. The van der Waals surface area contributed by atoms with Gasteiger partial charge in [-0.3, -0.25) is 0 Å². The summed E-state index contributed by atoms with van der Waals surface area (Å²) >= 11 is 0. The molecule has 148 valence electrons. The Morgan fingerprint density at radius 3 is 1.79 bits per heavy atom. The van der Waals surface area contributed by atoms with Crippen molar-refractivity contribution in [2.75, 3.05) is 0 Å². The molecule has 0 bridgehead atoms. The van der Waals surface area contributed by atoms with Crippen LogP contribution in [0, 0.1) is 23.5 Å². The lowest BCUT2D eigenvalue weighted by Gasteiger charge is -2.04. The number of aryl methyl sites for hydroxylation is 2. The summed E-state index contributed by atoms with van der Waals surface area (Å²) in [6, 6.07) is 19.1. The summed E-state index contributed by atoms with van der Waals surface area (Å²) in [4.78, 5) is 0. The maximum atomic E-state index is 14.3. The summed E-state index contributed by atoms with van der Waals surface area (Å²) in [5.74, 6) is 4.36. The second kappa shape index (κ2) is 10.0. The largest absolute Gasteiger partial charge is 0.206 e. The third-order valence-electron chi connectivity index (χ3n) is 4.96. The number of halogens is 2. The zero-order valence-corrected chi connectivity index (χ0v) is 17.1. The van der Waals surface area contributed by atoms with Gasteiger partial charge in [0.05, 0.1) is 5.56 Å². The fraction of sp³-hybridized carbons (Fsp3) is 0.259. The minimum absolute atomic E-state index is 0.166. The van der Waals surface area contributed by atoms with Gasteiger partial charge in [-0.05, 0) is 65.8 Å². The molecule has 0 spiro atoms. The number of hydrogen-bond donors (Lipinski definition) is 0. The molecule has 0 N–H and O–H groups in total. The molecule has 0 saturated carbocycles. The SMILES string of the molecule is CCCCc1cc(F)c(C#Cc2ccc(-c3ccc(CCC)cc3)cc2)c(F)c1. The van der Waals surface area contributed by atoms with Crippen molar-refractivity contribution in [1.82, 2.24) is 0 Å². The molecule has 0 aliphatic heterocycles. The third-order valence-corrected chi connectivity index (χ3v) is 4.96. The van der Waals surface area contributed by atoms with Crippen LogP contribution in [0.15, 0.2) is 60.7 Å². The second-order valence-electron chi connectivity index (χ2n) is 7.31. The van der Waals surface area contributed by atoms with Crippen LogP contribution in [0.5, 0.6) is 0 Å². The lowest BCUT2D eigenvalue weighted by Crippen LogP contribution is -1.95. The Kier molecular flexibility index (Phi) is 7.19. The Morgan fingerprint density at radius 1 is 0.655 bits per heavy atom. The van der Waals surface area contributed by atoms with E-state index < -0.39 is 11.6 Å². The van der Waals surface area contributed by atoms with Gasteiger partial charge in [-0.2, -0.15) is 0 Å². The van der Waals surface area contributed by atoms with E-state index in [0.717, 1.165) is 42.4 Å². The van der Waals surface area contributed by atoms with Crippen molar-refractivity contribution in [2.24, 2.45) is 0 Å². The van der Waals surface area contributed by atoms with Gasteiger partial charge in [0.2, 0.25) is 0 Å². The van der Waals surface area contributed by atoms with Crippen molar-refractivity contribution < 1.29 is 8.78 Å². The van der Waals surface area contributed by atoms with Crippen molar-refractivity contribution in [3.05, 3.63) is 94.6 Å². The maximum Gasteiger partial charge on any atom is 0.142 e. The minimum Gasteiger partial charge on any atom is -0.206 e. The zero-order valence-electron chi connectivity index (χ0n) is 17.1. The Balaban J connectivity index is 1.76. The van der Waals surface area contributed by atoms with Crippen LogP contribution in [-0.2, 0) is 12.8 Å². The molecule has 29 heavy (non-hydrogen) atoms. The van der Waals surface area contributed by atoms with Crippen LogP contribution in [0.4, 0.5) is 8.78 Å². The van der Waals surface area contributed by atoms with Crippen LogP contribution < -0.4 is 0 Å². The maximum absolute atomic E-state index is 14.3. The van der Waals surface area contributed by atoms with Crippen molar-refractivity contribution in [3.8, 4) is 23.0 Å². The molecule has 0 heterocycles. The first-order valence-electron chi connectivity index (χ1n) is 10.3. The predicted molar refractivity (Wildman–Crippen MR) is 117 cm³/mol. The van der Waals surface area contributed by atoms with E-state index in [1.54, 1.807) is 0 Å². The van der Waals surface area contributed by atoms with Crippen molar-refractivity contribution in [1.29, 1.82) is 0 Å². The molecule has 0 fully saturated rings. The monoisotopic (exact) mass is 388 g/mol. The number of benzene rings is 3. The fourth-order valence-corrected chi connectivity index (χ4v) is 3.30. The molecule has 0 aliphatic carbocycles. The van der Waals surface area contributed by atoms with Gasteiger partial charge in [-0.25, -0.2) is 8.78 Å². The van der Waals surface area contributed by atoms with Gasteiger partial charge in [-0.15, -0.1) is 0 Å². The quantitative estimate of drug-likeness (QED) is 0.388. The molecule has 0 aliphatic rings. The van der Waals surface area contributed by atoms with Gasteiger partial charge in [0.25, 0.3) is 0 Å². The lowest BCUT2D eigenvalue weighted by molar-refractivity contribution is 0.572. The highest BCUT2D eigenvalue weighted by Crippen LogP contribution is 2.21. The summed E-state index contributed by atoms with van der Waals surface area (Å²) < 4.78 is 28.5. The van der Waals surface area contributed by atoms with Gasteiger partial charge < -0.3 is 0 Å². The average Bonchev–Trinajstić information content (AvgIpc) is 2.73. The van der Waals surface area contributed by atoms with E-state index in [1.165, 1.54) is 17.7 Å². The molecule has 0 amide bonds. The summed E-state index contributed by atoms with van der Waals surface area (Å²) in [7, 11) is 0. The molecule has 0 saturated heterocycles. The topological polar surface area (TPSA) is 0 Å². The molecule has 2 heteroatoms. The summed E-state index contributed by atoms with van der Waals surface area (Å²) in [6.45, 7) is 4.23. The molecule has 3 rings (SSSR count). The summed E-state index contributed by atoms with van der Waals surface area (Å²) in [5, 5.41) is 0. The molecule has 3 aromatic carbocycles. The fourth-order valence-electron chi connectivity index (χ4n) is 3.30. The van der Waals surface area contributed by atoms with Crippen LogP contribution in [-0.4, -0.2) is 0 Å². The highest BCUT2D eigenvalue weighted by atomic mass is 19.1. The Morgan fingerprint density at radius 2 is 1.24 bits per heavy atom. The summed E-state index contributed by atoms with van der Waals surface area (Å²) in [5.41, 5.74) is 4.82. The smallest absolute Gasteiger partial charge is 0.142 e. The number of rotatable bonds is 6. The first-order valence-corrected chi connectivity index (χ1v) is 10.3. The molecule has 0 aromatic heterocycles. The van der Waals surface area contributed by atoms with E-state index in [0.29, 0.717) is 12.0 Å². The molecule has 0 unspecified atom stereocenters. The van der Waals surface area contributed by atoms with Crippen molar-refractivity contribution in [2.45, 2.75) is 46.0 Å². The second-order valence-corrected chi connectivity index (χ2v) is 7.31. The summed E-state index contributed by atoms with van der Waals surface area (Å²) in [6.07, 6.45) is 4.80. The van der Waals surface area contributed by atoms with Crippen LogP contribution in [0.2, 0.25) is 0 Å². The van der Waals surface area contributed by atoms with Gasteiger partial charge in [0, 0.05) is 5.56 Å². The van der Waals surface area contributed by atoms with Crippen LogP contribution >= 0.6 is 0 Å². The van der Waals surface area contributed by atoms with Crippen LogP contribution in [0.3, 0.4) is 0 Å². The van der Waals surface area contributed by atoms with Gasteiger partial charge >= 0.3 is 0 Å². The van der Waals surface area contributed by atoms with Crippen molar-refractivity contribution >= 4 is 0 Å². The van der Waals surface area contributed by atoms with Gasteiger partial charge in [-0.1, -0.05) is 74.9 Å². The number of unbranched alkanes of at least 4 members (excludes halogenated alkanes) is 1. The Hall–Kier alpha value is -2.92. The lowest BCUT2D eigenvalue weighted by atomic mass is 10.0. The van der Waals surface area contributed by atoms with E-state index >= 15 is 0 Å². The zero-order chi connectivity index (χ0) is 20.6. The van der Waals surface area contributed by atoms with E-state index in [2.05, 4.69) is 50.0 Å². The molecule has 0 atom stereocenters. The highest BCUT2D eigenvalue weighted by Gasteiger charge is 2.09. The predicted octanol–water partition coefficient (Wildman–Crippen LogP) is 7.33. The molecule has 0 radical (unpaired) electrons. The Bertz CT molecular complexity index is 980. The first kappa shape index (κ1) is 20.8. The van der Waals surface area contributed by atoms with Crippen LogP contribution in [0.1, 0.15) is 55.4 Å². The van der Waals surface area contributed by atoms with E-state index in [9.17, 15) is 8.78 Å². The molecular formula is C27H26F2. The molecular weight excluding hydrogens is 362 g/mol. The highest BCUT2D eigenvalue weighted by molar-refractivity contribution is 5.64. The Labute approximate surface area is 172 Å². The van der Waals surface area contributed by atoms with E-state index in [1.807, 2.05) is 24.3 Å². The van der Waals surface area contributed by atoms with E-state index in [-0.39, 0.29) is 5.56 Å². The van der Waals surface area contributed by atoms with E-state index in [4.69, 9.17) is 0 Å². The number of hydrogen-bond acceptors (Lipinski definition) is 0. The molecule has 3 aromatic rings. The third kappa shape index (κ3) is 5.55. The molecule has 0 nitrogen and oxygen atoms in total. The van der Waals surface area contributed by atoms with Gasteiger partial charge in [0.1, 0.15) is 11.6 Å². The van der Waals surface area contributed by atoms with Gasteiger partial charge in [0.15, 0.2) is 0 Å². The average molecular weight is 389 g/mol. The van der Waals surface area contributed by atoms with Crippen LogP contribution in [0.25, 0.3) is 11.1 Å². The first-order chi connectivity index (χ1) is 14.1. The minimum atomic E-state index is -0.590.